The van der Waals surface area contributed by atoms with Crippen molar-refractivity contribution in [1.29, 1.82) is 0 Å². The third-order valence-corrected chi connectivity index (χ3v) is 4.03. The van der Waals surface area contributed by atoms with Gasteiger partial charge in [-0.3, -0.25) is 10.2 Å². The summed E-state index contributed by atoms with van der Waals surface area (Å²) in [7, 11) is 0. The van der Waals surface area contributed by atoms with Crippen LogP contribution in [0.4, 0.5) is 10.6 Å². The first-order chi connectivity index (χ1) is 11.8. The molecule has 1 fully saturated rings. The van der Waals surface area contributed by atoms with Crippen molar-refractivity contribution in [3.05, 3.63) is 66.4 Å². The first kappa shape index (κ1) is 16.2. The van der Waals surface area contributed by atoms with Gasteiger partial charge in [0.15, 0.2) is 0 Å². The van der Waals surface area contributed by atoms with Crippen molar-refractivity contribution >= 4 is 17.9 Å². The molecule has 1 N–H and O–H groups in total. The number of anilines is 1. The summed E-state index contributed by atoms with van der Waals surface area (Å²) in [5, 5.41) is 2.83. The zero-order chi connectivity index (χ0) is 16.6. The average molecular weight is 322 g/mol. The van der Waals surface area contributed by atoms with Gasteiger partial charge in [0.25, 0.3) is 0 Å². The largest absolute Gasteiger partial charge is 0.323 e. The van der Waals surface area contributed by atoms with Crippen molar-refractivity contribution < 1.29 is 4.79 Å². The lowest BCUT2D eigenvalue weighted by Gasteiger charge is -2.34. The van der Waals surface area contributed by atoms with Gasteiger partial charge >= 0.3 is 6.03 Å². The normalized spacial score (nSPS) is 15.6. The van der Waals surface area contributed by atoms with Gasteiger partial charge in [-0.1, -0.05) is 48.6 Å². The molecule has 0 aliphatic carbocycles. The van der Waals surface area contributed by atoms with Gasteiger partial charge in [0, 0.05) is 38.9 Å². The highest BCUT2D eigenvalue weighted by molar-refractivity contribution is 5.88. The van der Waals surface area contributed by atoms with Crippen LogP contribution in [0.25, 0.3) is 6.08 Å². The van der Waals surface area contributed by atoms with Crippen LogP contribution in [0.3, 0.4) is 0 Å². The van der Waals surface area contributed by atoms with Gasteiger partial charge in [0.2, 0.25) is 0 Å². The van der Waals surface area contributed by atoms with Crippen molar-refractivity contribution in [2.24, 2.45) is 0 Å². The van der Waals surface area contributed by atoms with E-state index in [2.05, 4.69) is 39.5 Å². The second-order valence-electron chi connectivity index (χ2n) is 5.75. The lowest BCUT2D eigenvalue weighted by atomic mass is 10.2. The van der Waals surface area contributed by atoms with Crippen LogP contribution < -0.4 is 5.32 Å². The lowest BCUT2D eigenvalue weighted by molar-refractivity contribution is 0.156. The Morgan fingerprint density at radius 1 is 1.04 bits per heavy atom. The minimum atomic E-state index is -0.0758. The van der Waals surface area contributed by atoms with E-state index in [-0.39, 0.29) is 6.03 Å². The number of hydrogen-bond acceptors (Lipinski definition) is 3. The maximum atomic E-state index is 12.2. The van der Waals surface area contributed by atoms with Crippen LogP contribution >= 0.6 is 0 Å². The van der Waals surface area contributed by atoms with Gasteiger partial charge in [0.05, 0.1) is 0 Å². The standard InChI is InChI=1S/C19H22N4O/c24-19(21-18-10-4-5-11-20-18)23-15-13-22(14-16-23)12-6-9-17-7-2-1-3-8-17/h1-11H,12-16H2,(H,20,21,24)/b9-6+. The van der Waals surface area contributed by atoms with Gasteiger partial charge in [-0.05, 0) is 17.7 Å². The number of amides is 2. The number of nitrogens with zero attached hydrogens (tertiary/aromatic N) is 3. The molecule has 0 atom stereocenters. The zero-order valence-electron chi connectivity index (χ0n) is 13.6. The van der Waals surface area contributed by atoms with E-state index in [1.54, 1.807) is 12.3 Å². The number of piperazine rings is 1. The van der Waals surface area contributed by atoms with E-state index >= 15 is 0 Å². The Kier molecular flexibility index (Phi) is 5.58. The first-order valence-corrected chi connectivity index (χ1v) is 8.22. The van der Waals surface area contributed by atoms with Crippen molar-refractivity contribution in [1.82, 2.24) is 14.8 Å². The number of carbonyl (C=O) groups is 1. The van der Waals surface area contributed by atoms with E-state index in [1.807, 2.05) is 35.2 Å². The van der Waals surface area contributed by atoms with Gasteiger partial charge in [-0.2, -0.15) is 0 Å². The maximum Gasteiger partial charge on any atom is 0.323 e. The van der Waals surface area contributed by atoms with Crippen molar-refractivity contribution in [3.63, 3.8) is 0 Å². The number of nitrogens with one attached hydrogen (secondary N) is 1. The minimum absolute atomic E-state index is 0.0758. The molecule has 24 heavy (non-hydrogen) atoms. The van der Waals surface area contributed by atoms with Gasteiger partial charge in [-0.25, -0.2) is 9.78 Å². The highest BCUT2D eigenvalue weighted by Gasteiger charge is 2.20. The monoisotopic (exact) mass is 322 g/mol. The summed E-state index contributed by atoms with van der Waals surface area (Å²) in [5.41, 5.74) is 1.21. The van der Waals surface area contributed by atoms with E-state index in [4.69, 9.17) is 0 Å². The number of rotatable bonds is 4. The molecule has 124 valence electrons. The molecule has 0 unspecified atom stereocenters. The molecule has 3 rings (SSSR count). The third-order valence-electron chi connectivity index (χ3n) is 4.03. The van der Waals surface area contributed by atoms with E-state index in [1.165, 1.54) is 5.56 Å². The van der Waals surface area contributed by atoms with Crippen LogP contribution in [0.5, 0.6) is 0 Å². The topological polar surface area (TPSA) is 48.5 Å². The molecule has 5 nitrogen and oxygen atoms in total. The van der Waals surface area contributed by atoms with Crippen LogP contribution in [0, 0.1) is 0 Å². The summed E-state index contributed by atoms with van der Waals surface area (Å²) >= 11 is 0. The first-order valence-electron chi connectivity index (χ1n) is 8.22. The second kappa shape index (κ2) is 8.26. The number of benzene rings is 1. The predicted octanol–water partition coefficient (Wildman–Crippen LogP) is 2.94. The molecule has 0 saturated carbocycles. The second-order valence-corrected chi connectivity index (χ2v) is 5.75. The zero-order valence-corrected chi connectivity index (χ0v) is 13.6. The fourth-order valence-electron chi connectivity index (χ4n) is 2.66. The lowest BCUT2D eigenvalue weighted by Crippen LogP contribution is -2.50. The molecule has 5 heteroatoms. The number of hydrogen-bond donors (Lipinski definition) is 1. The fourth-order valence-corrected chi connectivity index (χ4v) is 2.66. The van der Waals surface area contributed by atoms with Gasteiger partial charge in [0.1, 0.15) is 5.82 Å². The molecule has 1 aliphatic heterocycles. The molecule has 0 radical (unpaired) electrons. The minimum Gasteiger partial charge on any atom is -0.322 e. The number of carbonyl (C=O) groups excluding carboxylic acids is 1. The Hall–Kier alpha value is -2.66. The fraction of sp³-hybridized carbons (Fsp3) is 0.263. The average Bonchev–Trinajstić information content (AvgIpc) is 2.64. The Morgan fingerprint density at radius 3 is 2.50 bits per heavy atom. The highest BCUT2D eigenvalue weighted by Crippen LogP contribution is 2.07. The summed E-state index contributed by atoms with van der Waals surface area (Å²) in [6.07, 6.45) is 5.99. The summed E-state index contributed by atoms with van der Waals surface area (Å²) in [6, 6.07) is 15.7. The molecule has 1 aliphatic rings. The van der Waals surface area contributed by atoms with Crippen molar-refractivity contribution in [3.8, 4) is 0 Å². The predicted molar refractivity (Wildman–Crippen MR) is 96.7 cm³/mol. The molecule has 2 amide bonds. The molecule has 1 aromatic heterocycles. The molecule has 0 bridgehead atoms. The van der Waals surface area contributed by atoms with Crippen LogP contribution in [-0.4, -0.2) is 53.5 Å². The van der Waals surface area contributed by atoms with E-state index in [0.717, 1.165) is 32.7 Å². The SMILES string of the molecule is O=C(Nc1ccccn1)N1CCN(C/C=C/c2ccccc2)CC1. The Bertz CT molecular complexity index is 664. The van der Waals surface area contributed by atoms with Crippen molar-refractivity contribution in [2.45, 2.75) is 0 Å². The Balaban J connectivity index is 1.42. The summed E-state index contributed by atoms with van der Waals surface area (Å²) in [4.78, 5) is 20.5. The Labute approximate surface area is 142 Å². The molecule has 1 aromatic carbocycles. The van der Waals surface area contributed by atoms with E-state index in [9.17, 15) is 4.79 Å². The van der Waals surface area contributed by atoms with Crippen LogP contribution in [0.15, 0.2) is 60.8 Å². The Morgan fingerprint density at radius 2 is 1.79 bits per heavy atom. The quantitative estimate of drug-likeness (QED) is 0.941. The molecular weight excluding hydrogens is 300 g/mol. The summed E-state index contributed by atoms with van der Waals surface area (Å²) < 4.78 is 0. The number of pyridine rings is 1. The van der Waals surface area contributed by atoms with E-state index < -0.39 is 0 Å². The molecule has 1 saturated heterocycles. The highest BCUT2D eigenvalue weighted by atomic mass is 16.2. The van der Waals surface area contributed by atoms with Gasteiger partial charge < -0.3 is 4.90 Å². The third kappa shape index (κ3) is 4.67. The summed E-state index contributed by atoms with van der Waals surface area (Å²) in [5.74, 6) is 0.593. The molecule has 0 spiro atoms. The van der Waals surface area contributed by atoms with Crippen LogP contribution in [0.2, 0.25) is 0 Å². The molecular formula is C19H22N4O. The maximum absolute atomic E-state index is 12.2. The van der Waals surface area contributed by atoms with E-state index in [0.29, 0.717) is 5.82 Å². The summed E-state index contributed by atoms with van der Waals surface area (Å²) in [6.45, 7) is 4.14. The number of aromatic nitrogens is 1. The van der Waals surface area contributed by atoms with Crippen LogP contribution in [-0.2, 0) is 0 Å². The molecule has 2 aromatic rings. The smallest absolute Gasteiger partial charge is 0.322 e. The molecule has 2 heterocycles. The van der Waals surface area contributed by atoms with Crippen molar-refractivity contribution in [2.75, 3.05) is 38.0 Å². The van der Waals surface area contributed by atoms with Gasteiger partial charge in [-0.15, -0.1) is 0 Å². The number of urea groups is 1. The van der Waals surface area contributed by atoms with Crippen LogP contribution in [0.1, 0.15) is 5.56 Å².